The normalized spacial score (nSPS) is 19.3. The Morgan fingerprint density at radius 1 is 1.09 bits per heavy atom. The fourth-order valence-electron chi connectivity index (χ4n) is 5.76. The average Bonchev–Trinajstić information content (AvgIpc) is 3.08. The van der Waals surface area contributed by atoms with Crippen LogP contribution in [0.15, 0.2) is 42.7 Å². The number of aromatic nitrogens is 3. The smallest absolute Gasteiger partial charge is 0.257 e. The van der Waals surface area contributed by atoms with E-state index < -0.39 is 42.3 Å². The van der Waals surface area contributed by atoms with Crippen LogP contribution in [-0.4, -0.2) is 114 Å². The predicted octanol–water partition coefficient (Wildman–Crippen LogP) is 1.36. The number of halogens is 2. The first-order chi connectivity index (χ1) is 22.6. The standard InChI is InChI=1S/C31H34F2N8O6/c1-40-9-11-41(12-10-40)21-4-6-24(39-30(21)46-2)38-25-14-20(36-17-37-25)18-3-5-22(19(13-18)15-34)47-23-7-8-35-16-31(23,26(42)28(32)44)27(43)29(33)45/h3-6,13-14,17,23,28-29,35,44-45H,7-12,16H2,1-2H3,(H,36,37,38,39)/t23?,28-,29-/m1/s1. The molecule has 0 radical (unpaired) electrons. The minimum absolute atomic E-state index is 0.0320. The van der Waals surface area contributed by atoms with Gasteiger partial charge in [0, 0.05) is 44.4 Å². The summed E-state index contributed by atoms with van der Waals surface area (Å²) in [6.07, 6.45) is -6.53. The first-order valence-corrected chi connectivity index (χ1v) is 14.8. The number of likely N-dealkylation sites (N-methyl/N-ethyl adjacent to an activating group) is 1. The second-order valence-corrected chi connectivity index (χ2v) is 11.2. The predicted molar refractivity (Wildman–Crippen MR) is 165 cm³/mol. The Hall–Kier alpha value is -4.82. The van der Waals surface area contributed by atoms with E-state index in [0.29, 0.717) is 28.8 Å². The lowest BCUT2D eigenvalue weighted by Gasteiger charge is -2.41. The number of piperazine rings is 1. The number of Topliss-reactive ketones (excluding diaryl/α,β-unsaturated/α-hetero) is 2. The molecular formula is C31H34F2N8O6. The highest BCUT2D eigenvalue weighted by atomic mass is 19.1. The lowest BCUT2D eigenvalue weighted by molar-refractivity contribution is -0.169. The Balaban J connectivity index is 1.38. The van der Waals surface area contributed by atoms with Gasteiger partial charge in [0.1, 0.15) is 47.0 Å². The van der Waals surface area contributed by atoms with Gasteiger partial charge in [-0.1, -0.05) is 0 Å². The van der Waals surface area contributed by atoms with Crippen LogP contribution >= 0.6 is 0 Å². The zero-order valence-corrected chi connectivity index (χ0v) is 25.7. The quantitative estimate of drug-likeness (QED) is 0.218. The van der Waals surface area contributed by atoms with E-state index in [-0.39, 0.29) is 24.3 Å². The number of rotatable bonds is 11. The van der Waals surface area contributed by atoms with Crippen LogP contribution in [-0.2, 0) is 9.59 Å². The highest BCUT2D eigenvalue weighted by molar-refractivity contribution is 6.10. The summed E-state index contributed by atoms with van der Waals surface area (Å²) < 4.78 is 39.1. The van der Waals surface area contributed by atoms with Gasteiger partial charge in [0.05, 0.1) is 18.4 Å². The first kappa shape index (κ1) is 33.5. The molecule has 0 amide bonds. The average molecular weight is 653 g/mol. The zero-order valence-electron chi connectivity index (χ0n) is 25.7. The number of piperidine rings is 1. The van der Waals surface area contributed by atoms with E-state index in [1.807, 2.05) is 18.2 Å². The SMILES string of the molecule is COc1nc(Nc2cc(-c3ccc(OC4CCNCC4(C(=O)[C@@H](O)F)C(=O)[C@@H](O)F)c(C#N)c3)ncn2)ccc1N1CCN(C)CC1. The number of aliphatic hydroxyl groups excluding tert-OH is 2. The molecule has 2 fully saturated rings. The van der Waals surface area contributed by atoms with Crippen molar-refractivity contribution in [1.82, 2.24) is 25.2 Å². The number of carbonyl (C=O) groups is 2. The second kappa shape index (κ2) is 14.3. The van der Waals surface area contributed by atoms with Crippen molar-refractivity contribution in [3.05, 3.63) is 48.3 Å². The Morgan fingerprint density at radius 3 is 2.47 bits per heavy atom. The molecule has 5 rings (SSSR count). The fraction of sp³-hybridized carbons (Fsp3) is 0.419. The number of alkyl halides is 2. The van der Waals surface area contributed by atoms with Gasteiger partial charge < -0.3 is 40.1 Å². The first-order valence-electron chi connectivity index (χ1n) is 14.8. The monoisotopic (exact) mass is 652 g/mol. The number of hydrogen-bond acceptors (Lipinski definition) is 14. The Kier molecular flexibility index (Phi) is 10.2. The molecule has 2 aliphatic rings. The third kappa shape index (κ3) is 6.98. The van der Waals surface area contributed by atoms with Crippen LogP contribution in [0.5, 0.6) is 11.6 Å². The lowest BCUT2D eigenvalue weighted by atomic mass is 9.70. The van der Waals surface area contributed by atoms with Gasteiger partial charge in [0.25, 0.3) is 12.7 Å². The molecule has 3 aromatic rings. The number of methoxy groups -OCH3 is 1. The summed E-state index contributed by atoms with van der Waals surface area (Å²) in [6, 6.07) is 11.8. The van der Waals surface area contributed by atoms with Gasteiger partial charge in [-0.15, -0.1) is 0 Å². The van der Waals surface area contributed by atoms with Gasteiger partial charge in [0.15, 0.2) is 0 Å². The Bertz CT molecular complexity index is 1640. The number of anilines is 3. The topological polar surface area (TPSA) is 186 Å². The van der Waals surface area contributed by atoms with Crippen LogP contribution in [0.25, 0.3) is 11.3 Å². The van der Waals surface area contributed by atoms with Crippen molar-refractivity contribution < 1.29 is 38.1 Å². The molecule has 1 aromatic carbocycles. The number of benzene rings is 1. The van der Waals surface area contributed by atoms with Crippen LogP contribution in [0, 0.1) is 16.7 Å². The van der Waals surface area contributed by atoms with E-state index in [9.17, 15) is 33.8 Å². The van der Waals surface area contributed by atoms with Crippen molar-refractivity contribution in [2.75, 3.05) is 63.6 Å². The summed E-state index contributed by atoms with van der Waals surface area (Å²) in [7, 11) is 3.64. The van der Waals surface area contributed by atoms with E-state index in [1.165, 1.54) is 18.5 Å². The van der Waals surface area contributed by atoms with Crippen molar-refractivity contribution in [2.45, 2.75) is 25.2 Å². The van der Waals surface area contributed by atoms with Gasteiger partial charge in [-0.2, -0.15) is 10.2 Å². The molecule has 2 aromatic heterocycles. The van der Waals surface area contributed by atoms with Crippen molar-refractivity contribution >= 4 is 28.9 Å². The van der Waals surface area contributed by atoms with Crippen molar-refractivity contribution in [2.24, 2.45) is 5.41 Å². The van der Waals surface area contributed by atoms with E-state index >= 15 is 0 Å². The highest BCUT2D eigenvalue weighted by Crippen LogP contribution is 2.37. The number of ketones is 2. The molecule has 3 atom stereocenters. The molecule has 248 valence electrons. The maximum Gasteiger partial charge on any atom is 0.257 e. The fourth-order valence-corrected chi connectivity index (χ4v) is 5.76. The molecule has 0 aliphatic carbocycles. The summed E-state index contributed by atoms with van der Waals surface area (Å²) in [6.45, 7) is 3.15. The summed E-state index contributed by atoms with van der Waals surface area (Å²) in [5.74, 6) is -2.05. The number of nitrogens with zero attached hydrogens (tertiary/aromatic N) is 6. The van der Waals surface area contributed by atoms with Crippen LogP contribution in [0.4, 0.5) is 26.1 Å². The third-order valence-electron chi connectivity index (χ3n) is 8.31. The largest absolute Gasteiger partial charge is 0.487 e. The summed E-state index contributed by atoms with van der Waals surface area (Å²) >= 11 is 0. The summed E-state index contributed by atoms with van der Waals surface area (Å²) in [4.78, 5) is 43.1. The van der Waals surface area contributed by atoms with Crippen LogP contribution in [0.3, 0.4) is 0 Å². The third-order valence-corrected chi connectivity index (χ3v) is 8.31. The van der Waals surface area contributed by atoms with Gasteiger partial charge in [-0.05, 0) is 50.3 Å². The summed E-state index contributed by atoms with van der Waals surface area (Å²) in [5, 5.41) is 34.5. The molecule has 1 unspecified atom stereocenters. The molecular weight excluding hydrogens is 618 g/mol. The molecule has 2 aliphatic heterocycles. The van der Waals surface area contributed by atoms with E-state index in [0.717, 1.165) is 31.9 Å². The Morgan fingerprint density at radius 2 is 1.81 bits per heavy atom. The molecule has 0 saturated carbocycles. The maximum atomic E-state index is 13.8. The van der Waals surface area contributed by atoms with Gasteiger partial charge >= 0.3 is 0 Å². The molecule has 4 heterocycles. The minimum atomic E-state index is -3.13. The molecule has 0 bridgehead atoms. The van der Waals surface area contributed by atoms with Crippen LogP contribution in [0.2, 0.25) is 0 Å². The zero-order chi connectivity index (χ0) is 33.7. The number of nitriles is 1. The molecule has 47 heavy (non-hydrogen) atoms. The lowest BCUT2D eigenvalue weighted by Crippen LogP contribution is -2.64. The van der Waals surface area contributed by atoms with Gasteiger partial charge in [0.2, 0.25) is 17.4 Å². The van der Waals surface area contributed by atoms with Crippen LogP contribution < -0.4 is 25.0 Å². The van der Waals surface area contributed by atoms with Crippen LogP contribution in [0.1, 0.15) is 12.0 Å². The molecule has 4 N–H and O–H groups in total. The Labute approximate surface area is 269 Å². The second-order valence-electron chi connectivity index (χ2n) is 11.2. The maximum absolute atomic E-state index is 13.8. The van der Waals surface area contributed by atoms with Crippen molar-refractivity contribution in [1.29, 1.82) is 5.26 Å². The number of pyridine rings is 1. The molecule has 0 spiro atoms. The van der Waals surface area contributed by atoms with Crippen molar-refractivity contribution in [3.8, 4) is 29.0 Å². The number of aliphatic hydroxyl groups is 2. The van der Waals surface area contributed by atoms with Gasteiger partial charge in [-0.3, -0.25) is 9.59 Å². The number of ether oxygens (including phenoxy) is 2. The molecule has 16 heteroatoms. The molecule has 2 saturated heterocycles. The minimum Gasteiger partial charge on any atom is -0.487 e. The highest BCUT2D eigenvalue weighted by Gasteiger charge is 2.58. The molecule has 14 nitrogen and oxygen atoms in total. The van der Waals surface area contributed by atoms with Crippen molar-refractivity contribution in [3.63, 3.8) is 0 Å². The number of nitrogens with one attached hydrogen (secondary N) is 2. The van der Waals surface area contributed by atoms with E-state index in [1.54, 1.807) is 19.2 Å². The number of hydrogen-bond donors (Lipinski definition) is 4. The van der Waals surface area contributed by atoms with E-state index in [2.05, 4.69) is 42.4 Å². The van der Waals surface area contributed by atoms with E-state index in [4.69, 9.17) is 9.47 Å². The summed E-state index contributed by atoms with van der Waals surface area (Å²) in [5.41, 5.74) is -0.821. The van der Waals surface area contributed by atoms with Gasteiger partial charge in [-0.25, -0.2) is 18.7 Å². The number of carbonyl (C=O) groups excluding carboxylic acids is 2.